The molecule has 0 unspecified atom stereocenters. The average Bonchev–Trinajstić information content (AvgIpc) is 3.34. The van der Waals surface area contributed by atoms with Crippen LogP contribution in [-0.2, 0) is 16.2 Å². The zero-order valence-corrected chi connectivity index (χ0v) is 18.7. The number of nitrogens with one attached hydrogen (secondary N) is 1. The number of hydrogen-bond acceptors (Lipinski definition) is 5. The minimum absolute atomic E-state index is 0.210. The lowest BCUT2D eigenvalue weighted by molar-refractivity contribution is -0.121. The van der Waals surface area contributed by atoms with E-state index in [-0.39, 0.29) is 24.6 Å². The number of carbonyl (C=O) groups excluding carboxylic acids is 2. The summed E-state index contributed by atoms with van der Waals surface area (Å²) < 4.78 is 11.2. The van der Waals surface area contributed by atoms with Crippen LogP contribution in [-0.4, -0.2) is 28.6 Å². The SMILES string of the molecule is COc1ccc(/C=C/C(=O)CC(=O)/C=C/c2ccc3cc[nH]c3c2)c(OCc2ccccn2)c1. The van der Waals surface area contributed by atoms with Crippen molar-refractivity contribution < 1.29 is 19.1 Å². The molecule has 0 saturated carbocycles. The molecule has 4 aromatic rings. The standard InChI is InChI=1S/C28H24N2O4/c1-33-26-12-9-22(28(18-26)34-19-23-4-2-3-14-29-23)8-11-25(32)17-24(31)10-6-20-5-7-21-13-15-30-27(21)16-20/h2-16,18,30H,17,19H2,1H3/b10-6+,11-8+. The molecular weight excluding hydrogens is 428 g/mol. The number of aromatic nitrogens is 2. The fourth-order valence-electron chi connectivity index (χ4n) is 3.37. The average molecular weight is 453 g/mol. The molecule has 170 valence electrons. The number of carbonyl (C=O) groups is 2. The smallest absolute Gasteiger partial charge is 0.163 e. The van der Waals surface area contributed by atoms with Crippen LogP contribution < -0.4 is 9.47 Å². The van der Waals surface area contributed by atoms with E-state index in [1.807, 2.05) is 48.7 Å². The molecule has 4 rings (SSSR count). The van der Waals surface area contributed by atoms with Gasteiger partial charge in [-0.05, 0) is 65.6 Å². The maximum atomic E-state index is 12.4. The Labute approximate surface area is 197 Å². The first-order valence-electron chi connectivity index (χ1n) is 10.8. The van der Waals surface area contributed by atoms with Crippen molar-refractivity contribution in [2.24, 2.45) is 0 Å². The Balaban J connectivity index is 1.38. The Kier molecular flexibility index (Phi) is 7.30. The number of benzene rings is 2. The second kappa shape index (κ2) is 10.9. The highest BCUT2D eigenvalue weighted by Gasteiger charge is 2.08. The van der Waals surface area contributed by atoms with Gasteiger partial charge in [0.15, 0.2) is 11.6 Å². The van der Waals surface area contributed by atoms with E-state index in [1.165, 1.54) is 12.2 Å². The fourth-order valence-corrected chi connectivity index (χ4v) is 3.37. The molecule has 2 aromatic carbocycles. The first-order chi connectivity index (χ1) is 16.6. The number of hydrogen-bond donors (Lipinski definition) is 1. The zero-order chi connectivity index (χ0) is 23.8. The first-order valence-corrected chi connectivity index (χ1v) is 10.8. The largest absolute Gasteiger partial charge is 0.497 e. The summed E-state index contributed by atoms with van der Waals surface area (Å²) in [7, 11) is 1.58. The summed E-state index contributed by atoms with van der Waals surface area (Å²) in [6, 6.07) is 18.8. The fraction of sp³-hybridized carbons (Fsp3) is 0.107. The molecule has 0 fully saturated rings. The van der Waals surface area contributed by atoms with Crippen LogP contribution in [0.3, 0.4) is 0 Å². The van der Waals surface area contributed by atoms with Gasteiger partial charge in [0.1, 0.15) is 18.1 Å². The summed E-state index contributed by atoms with van der Waals surface area (Å²) in [5, 5.41) is 1.10. The molecular formula is C28H24N2O4. The molecule has 2 heterocycles. The van der Waals surface area contributed by atoms with E-state index < -0.39 is 0 Å². The molecule has 1 N–H and O–H groups in total. The summed E-state index contributed by atoms with van der Waals surface area (Å²) in [6.45, 7) is 0.278. The second-order valence-electron chi connectivity index (χ2n) is 7.61. The molecule has 0 aliphatic carbocycles. The molecule has 0 aliphatic heterocycles. The topological polar surface area (TPSA) is 81.3 Å². The third kappa shape index (κ3) is 6.07. The van der Waals surface area contributed by atoms with Gasteiger partial charge >= 0.3 is 0 Å². The summed E-state index contributed by atoms with van der Waals surface area (Å²) >= 11 is 0. The Morgan fingerprint density at radius 1 is 0.971 bits per heavy atom. The first kappa shape index (κ1) is 22.7. The van der Waals surface area contributed by atoms with E-state index in [0.29, 0.717) is 17.1 Å². The van der Waals surface area contributed by atoms with Gasteiger partial charge < -0.3 is 14.5 Å². The molecule has 0 radical (unpaired) electrons. The van der Waals surface area contributed by atoms with Crippen molar-refractivity contribution in [1.82, 2.24) is 9.97 Å². The Morgan fingerprint density at radius 3 is 2.62 bits per heavy atom. The van der Waals surface area contributed by atoms with Crippen molar-refractivity contribution in [2.75, 3.05) is 7.11 Å². The number of methoxy groups -OCH3 is 1. The normalized spacial score (nSPS) is 11.3. The molecule has 2 aromatic heterocycles. The van der Waals surface area contributed by atoms with Crippen molar-refractivity contribution in [1.29, 1.82) is 0 Å². The Morgan fingerprint density at radius 2 is 1.82 bits per heavy atom. The lowest BCUT2D eigenvalue weighted by Gasteiger charge is -2.10. The third-order valence-electron chi connectivity index (χ3n) is 5.16. The number of nitrogens with zero attached hydrogens (tertiary/aromatic N) is 1. The van der Waals surface area contributed by atoms with Crippen LogP contribution in [0.5, 0.6) is 11.5 Å². The maximum absolute atomic E-state index is 12.4. The molecule has 6 heteroatoms. The number of allylic oxidation sites excluding steroid dienone is 2. The van der Waals surface area contributed by atoms with Gasteiger partial charge in [-0.15, -0.1) is 0 Å². The van der Waals surface area contributed by atoms with E-state index in [0.717, 1.165) is 22.2 Å². The molecule has 0 bridgehead atoms. The molecule has 0 aliphatic rings. The van der Waals surface area contributed by atoms with E-state index in [9.17, 15) is 9.59 Å². The number of H-pyrrole nitrogens is 1. The minimum atomic E-state index is -0.291. The predicted octanol–water partition coefficient (Wildman–Crippen LogP) is 5.41. The number of ketones is 2. The van der Waals surface area contributed by atoms with Crippen molar-refractivity contribution >= 4 is 34.6 Å². The van der Waals surface area contributed by atoms with Crippen molar-refractivity contribution in [3.8, 4) is 11.5 Å². The highest BCUT2D eigenvalue weighted by molar-refractivity contribution is 6.11. The number of fused-ring (bicyclic) bond motifs is 1. The van der Waals surface area contributed by atoms with Crippen LogP contribution in [0.1, 0.15) is 23.2 Å². The predicted molar refractivity (Wildman–Crippen MR) is 133 cm³/mol. The minimum Gasteiger partial charge on any atom is -0.497 e. The van der Waals surface area contributed by atoms with E-state index in [1.54, 1.807) is 43.7 Å². The molecule has 0 amide bonds. The van der Waals surface area contributed by atoms with Crippen LogP contribution in [0.15, 0.2) is 85.2 Å². The zero-order valence-electron chi connectivity index (χ0n) is 18.7. The van der Waals surface area contributed by atoms with Crippen LogP contribution in [0.2, 0.25) is 0 Å². The highest BCUT2D eigenvalue weighted by Crippen LogP contribution is 2.27. The Bertz CT molecular complexity index is 1350. The van der Waals surface area contributed by atoms with Crippen molar-refractivity contribution in [3.63, 3.8) is 0 Å². The second-order valence-corrected chi connectivity index (χ2v) is 7.61. The Hall–Kier alpha value is -4.45. The van der Waals surface area contributed by atoms with E-state index in [2.05, 4.69) is 9.97 Å². The van der Waals surface area contributed by atoms with Crippen LogP contribution in [0, 0.1) is 0 Å². The van der Waals surface area contributed by atoms with Gasteiger partial charge in [0.25, 0.3) is 0 Å². The number of aromatic amines is 1. The van der Waals surface area contributed by atoms with Gasteiger partial charge in [0.2, 0.25) is 0 Å². The van der Waals surface area contributed by atoms with Gasteiger partial charge in [0, 0.05) is 29.5 Å². The van der Waals surface area contributed by atoms with Gasteiger partial charge in [-0.1, -0.05) is 24.3 Å². The van der Waals surface area contributed by atoms with E-state index >= 15 is 0 Å². The van der Waals surface area contributed by atoms with Gasteiger partial charge in [-0.3, -0.25) is 14.6 Å². The summed E-state index contributed by atoms with van der Waals surface area (Å²) in [6.07, 6.45) is 9.55. The highest BCUT2D eigenvalue weighted by atomic mass is 16.5. The van der Waals surface area contributed by atoms with E-state index in [4.69, 9.17) is 9.47 Å². The maximum Gasteiger partial charge on any atom is 0.163 e. The van der Waals surface area contributed by atoms with Gasteiger partial charge in [-0.25, -0.2) is 0 Å². The monoisotopic (exact) mass is 452 g/mol. The lowest BCUT2D eigenvalue weighted by Crippen LogP contribution is -2.02. The van der Waals surface area contributed by atoms with Crippen molar-refractivity contribution in [2.45, 2.75) is 13.0 Å². The number of pyridine rings is 1. The third-order valence-corrected chi connectivity index (χ3v) is 5.16. The summed E-state index contributed by atoms with van der Waals surface area (Å²) in [5.41, 5.74) is 3.37. The summed E-state index contributed by atoms with van der Waals surface area (Å²) in [4.78, 5) is 32.0. The van der Waals surface area contributed by atoms with Gasteiger partial charge in [-0.2, -0.15) is 0 Å². The number of rotatable bonds is 10. The molecule has 6 nitrogen and oxygen atoms in total. The molecule has 34 heavy (non-hydrogen) atoms. The summed E-state index contributed by atoms with van der Waals surface area (Å²) in [5.74, 6) is 0.640. The molecule has 0 spiro atoms. The quantitative estimate of drug-likeness (QED) is 0.257. The number of ether oxygens (including phenoxy) is 2. The molecule has 0 saturated heterocycles. The van der Waals surface area contributed by atoms with Crippen molar-refractivity contribution in [3.05, 3.63) is 102 Å². The van der Waals surface area contributed by atoms with Crippen LogP contribution in [0.25, 0.3) is 23.1 Å². The molecule has 0 atom stereocenters. The van der Waals surface area contributed by atoms with Gasteiger partial charge in [0.05, 0.1) is 19.2 Å². The van der Waals surface area contributed by atoms with Crippen LogP contribution in [0.4, 0.5) is 0 Å². The lowest BCUT2D eigenvalue weighted by atomic mass is 10.1. The van der Waals surface area contributed by atoms with Crippen LogP contribution >= 0.6 is 0 Å².